The Morgan fingerprint density at radius 3 is 2.65 bits per heavy atom. The van der Waals surface area contributed by atoms with E-state index >= 15 is 0 Å². The van der Waals surface area contributed by atoms with E-state index in [0.29, 0.717) is 18.4 Å². The van der Waals surface area contributed by atoms with Gasteiger partial charge in [-0.05, 0) is 29.8 Å². The first-order chi connectivity index (χ1) is 9.78. The fraction of sp³-hybridized carbons (Fsp3) is 0.267. The van der Waals surface area contributed by atoms with E-state index in [1.165, 1.54) is 0 Å². The summed E-state index contributed by atoms with van der Waals surface area (Å²) in [5.41, 5.74) is 2.11. The summed E-state index contributed by atoms with van der Waals surface area (Å²) in [6.07, 6.45) is 1.68. The van der Waals surface area contributed by atoms with Crippen LogP contribution in [0.15, 0.2) is 42.6 Å². The molecule has 0 radical (unpaired) electrons. The summed E-state index contributed by atoms with van der Waals surface area (Å²) in [7, 11) is 1.66. The van der Waals surface area contributed by atoms with E-state index in [-0.39, 0.29) is 0 Å². The van der Waals surface area contributed by atoms with E-state index in [4.69, 9.17) is 21.1 Å². The maximum atomic E-state index is 5.83. The summed E-state index contributed by atoms with van der Waals surface area (Å²) >= 11 is 5.83. The third kappa shape index (κ3) is 4.72. The van der Waals surface area contributed by atoms with Crippen LogP contribution in [0.1, 0.15) is 5.56 Å². The van der Waals surface area contributed by atoms with Crippen molar-refractivity contribution in [3.8, 4) is 5.75 Å². The number of hydrogen-bond acceptors (Lipinski definition) is 4. The number of anilines is 1. The van der Waals surface area contributed by atoms with E-state index in [1.807, 2.05) is 30.3 Å². The van der Waals surface area contributed by atoms with Crippen LogP contribution in [0.2, 0.25) is 5.15 Å². The lowest BCUT2D eigenvalue weighted by Gasteiger charge is -2.08. The summed E-state index contributed by atoms with van der Waals surface area (Å²) in [6.45, 7) is 1.87. The molecule has 0 bridgehead atoms. The van der Waals surface area contributed by atoms with Crippen molar-refractivity contribution in [3.63, 3.8) is 0 Å². The lowest BCUT2D eigenvalue weighted by molar-refractivity contribution is 0.146. The van der Waals surface area contributed by atoms with Crippen LogP contribution in [0, 0.1) is 0 Å². The molecule has 1 aromatic heterocycles. The minimum atomic E-state index is 0.483. The van der Waals surface area contributed by atoms with Crippen molar-refractivity contribution < 1.29 is 9.47 Å². The highest BCUT2D eigenvalue weighted by Gasteiger charge is 1.98. The van der Waals surface area contributed by atoms with Gasteiger partial charge in [-0.2, -0.15) is 0 Å². The molecule has 0 spiro atoms. The van der Waals surface area contributed by atoms with Crippen molar-refractivity contribution in [3.05, 3.63) is 53.3 Å². The fourth-order valence-corrected chi connectivity index (χ4v) is 1.84. The van der Waals surface area contributed by atoms with Gasteiger partial charge in [-0.25, -0.2) is 4.98 Å². The summed E-state index contributed by atoms with van der Waals surface area (Å²) in [4.78, 5) is 3.94. The molecular weight excluding hydrogens is 276 g/mol. The third-order valence-electron chi connectivity index (χ3n) is 2.70. The molecule has 4 nitrogen and oxygen atoms in total. The lowest BCUT2D eigenvalue weighted by atomic mass is 10.2. The van der Waals surface area contributed by atoms with Gasteiger partial charge in [0, 0.05) is 25.5 Å². The Morgan fingerprint density at radius 2 is 1.95 bits per heavy atom. The zero-order valence-corrected chi connectivity index (χ0v) is 12.1. The second-order valence-corrected chi connectivity index (χ2v) is 4.59. The van der Waals surface area contributed by atoms with Crippen molar-refractivity contribution >= 4 is 17.3 Å². The van der Waals surface area contributed by atoms with Gasteiger partial charge in [-0.15, -0.1) is 0 Å². The van der Waals surface area contributed by atoms with E-state index in [2.05, 4.69) is 10.3 Å². The highest BCUT2D eigenvalue weighted by Crippen LogP contribution is 2.15. The summed E-state index contributed by atoms with van der Waals surface area (Å²) in [5, 5.41) is 3.77. The molecule has 0 atom stereocenters. The van der Waals surface area contributed by atoms with Crippen LogP contribution < -0.4 is 10.1 Å². The van der Waals surface area contributed by atoms with Crippen molar-refractivity contribution in [2.24, 2.45) is 0 Å². The number of benzene rings is 1. The number of hydrogen-bond donors (Lipinski definition) is 1. The Labute approximate surface area is 123 Å². The molecule has 0 aliphatic heterocycles. The maximum absolute atomic E-state index is 5.83. The molecule has 0 saturated carbocycles. The van der Waals surface area contributed by atoms with Gasteiger partial charge in [-0.3, -0.25) is 0 Å². The van der Waals surface area contributed by atoms with Crippen molar-refractivity contribution in [2.45, 2.75) is 6.54 Å². The Bertz CT molecular complexity index is 532. The quantitative estimate of drug-likeness (QED) is 0.628. The monoisotopic (exact) mass is 292 g/mol. The third-order valence-corrected chi connectivity index (χ3v) is 2.91. The zero-order chi connectivity index (χ0) is 14.2. The van der Waals surface area contributed by atoms with Gasteiger partial charge >= 0.3 is 0 Å². The molecule has 0 unspecified atom stereocenters. The Balaban J connectivity index is 1.84. The highest BCUT2D eigenvalue weighted by molar-refractivity contribution is 6.29. The zero-order valence-electron chi connectivity index (χ0n) is 11.3. The number of methoxy groups -OCH3 is 1. The normalized spacial score (nSPS) is 10.3. The van der Waals surface area contributed by atoms with Crippen molar-refractivity contribution in [1.82, 2.24) is 4.98 Å². The predicted molar refractivity (Wildman–Crippen MR) is 80.4 cm³/mol. The van der Waals surface area contributed by atoms with E-state index in [0.717, 1.165) is 23.5 Å². The van der Waals surface area contributed by atoms with Crippen LogP contribution in [-0.2, 0) is 11.3 Å². The number of rotatable bonds is 7. The summed E-state index contributed by atoms with van der Waals surface area (Å²) in [6, 6.07) is 11.6. The topological polar surface area (TPSA) is 43.4 Å². The number of ether oxygens (including phenoxy) is 2. The van der Waals surface area contributed by atoms with Crippen LogP contribution in [0.3, 0.4) is 0 Å². The highest BCUT2D eigenvalue weighted by atomic mass is 35.5. The first kappa shape index (κ1) is 14.6. The first-order valence-electron chi connectivity index (χ1n) is 6.34. The molecule has 2 rings (SSSR count). The molecule has 0 saturated heterocycles. The average molecular weight is 293 g/mol. The minimum Gasteiger partial charge on any atom is -0.491 e. The van der Waals surface area contributed by atoms with Gasteiger partial charge in [0.15, 0.2) is 0 Å². The van der Waals surface area contributed by atoms with Crippen LogP contribution in [0.25, 0.3) is 0 Å². The Kier molecular flexibility index (Phi) is 5.65. The SMILES string of the molecule is COCCOc1ccc(CNc2ccnc(Cl)c2)cc1. The number of aromatic nitrogens is 1. The van der Waals surface area contributed by atoms with Crippen LogP contribution in [-0.4, -0.2) is 25.3 Å². The molecule has 0 aliphatic rings. The number of halogens is 1. The Hall–Kier alpha value is -1.78. The molecule has 1 heterocycles. The molecule has 0 aliphatic carbocycles. The fourth-order valence-electron chi connectivity index (χ4n) is 1.66. The number of pyridine rings is 1. The molecule has 2 aromatic rings. The Morgan fingerprint density at radius 1 is 1.15 bits per heavy atom. The average Bonchev–Trinajstić information content (AvgIpc) is 2.47. The molecule has 5 heteroatoms. The molecule has 1 aromatic carbocycles. The van der Waals surface area contributed by atoms with Gasteiger partial charge in [-0.1, -0.05) is 23.7 Å². The van der Waals surface area contributed by atoms with E-state index in [9.17, 15) is 0 Å². The molecular formula is C15H17ClN2O2. The number of nitrogens with one attached hydrogen (secondary N) is 1. The van der Waals surface area contributed by atoms with Crippen molar-refractivity contribution in [2.75, 3.05) is 25.6 Å². The van der Waals surface area contributed by atoms with Gasteiger partial charge in [0.2, 0.25) is 0 Å². The molecule has 0 fully saturated rings. The smallest absolute Gasteiger partial charge is 0.131 e. The molecule has 1 N–H and O–H groups in total. The lowest BCUT2D eigenvalue weighted by Crippen LogP contribution is -2.04. The van der Waals surface area contributed by atoms with Gasteiger partial charge in [0.25, 0.3) is 0 Å². The second kappa shape index (κ2) is 7.72. The van der Waals surface area contributed by atoms with Gasteiger partial charge in [0.1, 0.15) is 17.5 Å². The first-order valence-corrected chi connectivity index (χ1v) is 6.72. The molecule has 20 heavy (non-hydrogen) atoms. The van der Waals surface area contributed by atoms with E-state index in [1.54, 1.807) is 19.4 Å². The van der Waals surface area contributed by atoms with Gasteiger partial charge < -0.3 is 14.8 Å². The summed E-state index contributed by atoms with van der Waals surface area (Å²) in [5.74, 6) is 0.845. The standard InChI is InChI=1S/C15H17ClN2O2/c1-19-8-9-20-14-4-2-12(3-5-14)11-18-13-6-7-17-15(16)10-13/h2-7,10H,8-9,11H2,1H3,(H,17,18). The van der Waals surface area contributed by atoms with Gasteiger partial charge in [0.05, 0.1) is 6.61 Å². The van der Waals surface area contributed by atoms with Crippen LogP contribution >= 0.6 is 11.6 Å². The van der Waals surface area contributed by atoms with Crippen LogP contribution in [0.5, 0.6) is 5.75 Å². The van der Waals surface area contributed by atoms with E-state index < -0.39 is 0 Å². The second-order valence-electron chi connectivity index (χ2n) is 4.21. The molecule has 0 amide bonds. The largest absolute Gasteiger partial charge is 0.491 e. The van der Waals surface area contributed by atoms with Crippen molar-refractivity contribution in [1.29, 1.82) is 0 Å². The maximum Gasteiger partial charge on any atom is 0.131 e. The predicted octanol–water partition coefficient (Wildman–Crippen LogP) is 3.37. The summed E-state index contributed by atoms with van der Waals surface area (Å²) < 4.78 is 10.4. The molecule has 106 valence electrons. The number of nitrogens with zero attached hydrogens (tertiary/aromatic N) is 1. The minimum absolute atomic E-state index is 0.483. The van der Waals surface area contributed by atoms with Crippen LogP contribution in [0.4, 0.5) is 5.69 Å².